The van der Waals surface area contributed by atoms with E-state index in [9.17, 15) is 4.79 Å². The van der Waals surface area contributed by atoms with Gasteiger partial charge < -0.3 is 15.2 Å². The van der Waals surface area contributed by atoms with Gasteiger partial charge in [0.15, 0.2) is 0 Å². The standard InChI is InChI=1S/C9H17NO3/c1-7(2)13-9(8(10)11)5-3-4-6-12-9/h7H,3-6H2,1-2H3,(H2,10,11). The van der Waals surface area contributed by atoms with Crippen molar-refractivity contribution in [3.8, 4) is 0 Å². The van der Waals surface area contributed by atoms with Crippen molar-refractivity contribution >= 4 is 5.91 Å². The van der Waals surface area contributed by atoms with Crippen LogP contribution in [0.1, 0.15) is 33.1 Å². The number of amides is 1. The molecule has 4 heteroatoms. The number of hydrogen-bond acceptors (Lipinski definition) is 3. The molecule has 1 atom stereocenters. The Morgan fingerprint density at radius 3 is 2.62 bits per heavy atom. The monoisotopic (exact) mass is 187 g/mol. The summed E-state index contributed by atoms with van der Waals surface area (Å²) in [6, 6.07) is 0. The van der Waals surface area contributed by atoms with Crippen molar-refractivity contribution in [3.05, 3.63) is 0 Å². The predicted molar refractivity (Wildman–Crippen MR) is 47.9 cm³/mol. The van der Waals surface area contributed by atoms with Crippen LogP contribution < -0.4 is 5.73 Å². The molecule has 1 unspecified atom stereocenters. The Hall–Kier alpha value is -0.610. The van der Waals surface area contributed by atoms with Crippen LogP contribution in [0.15, 0.2) is 0 Å². The summed E-state index contributed by atoms with van der Waals surface area (Å²) in [5, 5.41) is 0. The molecule has 0 spiro atoms. The number of ether oxygens (including phenoxy) is 2. The second-order valence-corrected chi connectivity index (χ2v) is 3.59. The fourth-order valence-corrected chi connectivity index (χ4v) is 1.50. The first-order valence-corrected chi connectivity index (χ1v) is 4.68. The van der Waals surface area contributed by atoms with Crippen LogP contribution in [0.3, 0.4) is 0 Å². The highest BCUT2D eigenvalue weighted by molar-refractivity contribution is 5.81. The van der Waals surface area contributed by atoms with E-state index in [0.717, 1.165) is 12.8 Å². The lowest BCUT2D eigenvalue weighted by atomic mass is 10.0. The molecule has 13 heavy (non-hydrogen) atoms. The van der Waals surface area contributed by atoms with Crippen molar-refractivity contribution in [2.75, 3.05) is 6.61 Å². The molecule has 0 saturated carbocycles. The Labute approximate surface area is 78.4 Å². The van der Waals surface area contributed by atoms with Gasteiger partial charge in [-0.2, -0.15) is 0 Å². The van der Waals surface area contributed by atoms with E-state index in [1.807, 2.05) is 13.8 Å². The minimum absolute atomic E-state index is 0.0504. The van der Waals surface area contributed by atoms with E-state index in [1.165, 1.54) is 0 Å². The van der Waals surface area contributed by atoms with Crippen LogP contribution in [0.4, 0.5) is 0 Å². The summed E-state index contributed by atoms with van der Waals surface area (Å²) in [6.07, 6.45) is 2.41. The topological polar surface area (TPSA) is 61.5 Å². The summed E-state index contributed by atoms with van der Waals surface area (Å²) in [5.41, 5.74) is 5.26. The SMILES string of the molecule is CC(C)OC1(C(N)=O)CCCCO1. The number of carbonyl (C=O) groups is 1. The second-order valence-electron chi connectivity index (χ2n) is 3.59. The summed E-state index contributed by atoms with van der Waals surface area (Å²) in [6.45, 7) is 4.28. The molecular formula is C9H17NO3. The van der Waals surface area contributed by atoms with Gasteiger partial charge in [-0.05, 0) is 26.7 Å². The summed E-state index contributed by atoms with van der Waals surface area (Å²) >= 11 is 0. The zero-order valence-electron chi connectivity index (χ0n) is 8.21. The molecular weight excluding hydrogens is 170 g/mol. The minimum atomic E-state index is -1.16. The summed E-state index contributed by atoms with van der Waals surface area (Å²) in [4.78, 5) is 11.2. The van der Waals surface area contributed by atoms with Crippen LogP contribution in [0, 0.1) is 0 Å². The highest BCUT2D eigenvalue weighted by Gasteiger charge is 2.41. The third-order valence-electron chi connectivity index (χ3n) is 2.04. The van der Waals surface area contributed by atoms with Crippen molar-refractivity contribution in [2.24, 2.45) is 5.73 Å². The lowest BCUT2D eigenvalue weighted by molar-refractivity contribution is -0.255. The number of carbonyl (C=O) groups excluding carboxylic acids is 1. The van der Waals surface area contributed by atoms with Gasteiger partial charge in [-0.15, -0.1) is 0 Å². The maximum absolute atomic E-state index is 11.2. The van der Waals surface area contributed by atoms with E-state index in [1.54, 1.807) is 0 Å². The van der Waals surface area contributed by atoms with Gasteiger partial charge in [0.25, 0.3) is 5.91 Å². The van der Waals surface area contributed by atoms with Crippen molar-refractivity contribution in [2.45, 2.75) is 45.0 Å². The average molecular weight is 187 g/mol. The lowest BCUT2D eigenvalue weighted by Crippen LogP contribution is -2.51. The minimum Gasteiger partial charge on any atom is -0.365 e. The molecule has 0 aromatic heterocycles. The number of primary amides is 1. The molecule has 76 valence electrons. The summed E-state index contributed by atoms with van der Waals surface area (Å²) < 4.78 is 10.8. The smallest absolute Gasteiger partial charge is 0.277 e. The first-order valence-electron chi connectivity index (χ1n) is 4.68. The fraction of sp³-hybridized carbons (Fsp3) is 0.889. The van der Waals surface area contributed by atoms with Gasteiger partial charge in [0.1, 0.15) is 0 Å². The molecule has 0 aromatic carbocycles. The van der Waals surface area contributed by atoms with Crippen LogP contribution in [-0.2, 0) is 14.3 Å². The Morgan fingerprint density at radius 1 is 1.54 bits per heavy atom. The van der Waals surface area contributed by atoms with E-state index in [2.05, 4.69) is 0 Å². The van der Waals surface area contributed by atoms with Crippen molar-refractivity contribution in [1.29, 1.82) is 0 Å². The molecule has 1 heterocycles. The van der Waals surface area contributed by atoms with Crippen molar-refractivity contribution in [3.63, 3.8) is 0 Å². The van der Waals surface area contributed by atoms with Gasteiger partial charge in [0.05, 0.1) is 12.7 Å². The average Bonchev–Trinajstić information content (AvgIpc) is 2.04. The molecule has 1 rings (SSSR count). The van der Waals surface area contributed by atoms with Crippen molar-refractivity contribution in [1.82, 2.24) is 0 Å². The molecule has 0 aromatic rings. The molecule has 1 amide bonds. The Morgan fingerprint density at radius 2 is 2.23 bits per heavy atom. The summed E-state index contributed by atoms with van der Waals surface area (Å²) in [5.74, 6) is -1.67. The molecule has 2 N–H and O–H groups in total. The van der Waals surface area contributed by atoms with Gasteiger partial charge in [0, 0.05) is 6.42 Å². The van der Waals surface area contributed by atoms with Gasteiger partial charge in [-0.25, -0.2) is 0 Å². The molecule has 1 aliphatic rings. The van der Waals surface area contributed by atoms with E-state index in [0.29, 0.717) is 13.0 Å². The Bertz CT molecular complexity index is 185. The molecule has 1 fully saturated rings. The third-order valence-corrected chi connectivity index (χ3v) is 2.04. The number of hydrogen-bond donors (Lipinski definition) is 1. The molecule has 0 aliphatic carbocycles. The highest BCUT2D eigenvalue weighted by atomic mass is 16.7. The molecule has 0 bridgehead atoms. The van der Waals surface area contributed by atoms with Gasteiger partial charge in [-0.3, -0.25) is 4.79 Å². The number of rotatable bonds is 3. The Balaban J connectivity index is 2.67. The highest BCUT2D eigenvalue weighted by Crippen LogP contribution is 2.27. The van der Waals surface area contributed by atoms with E-state index < -0.39 is 11.7 Å². The van der Waals surface area contributed by atoms with Gasteiger partial charge in [-0.1, -0.05) is 0 Å². The maximum Gasteiger partial charge on any atom is 0.277 e. The largest absolute Gasteiger partial charge is 0.365 e. The first kappa shape index (κ1) is 10.5. The quantitative estimate of drug-likeness (QED) is 0.710. The number of nitrogens with two attached hydrogens (primary N) is 1. The Kier molecular flexibility index (Phi) is 3.27. The van der Waals surface area contributed by atoms with Crippen LogP contribution >= 0.6 is 0 Å². The van der Waals surface area contributed by atoms with Crippen LogP contribution in [0.5, 0.6) is 0 Å². The van der Waals surface area contributed by atoms with Crippen LogP contribution in [0.2, 0.25) is 0 Å². The lowest BCUT2D eigenvalue weighted by Gasteiger charge is -2.35. The normalized spacial score (nSPS) is 29.2. The van der Waals surface area contributed by atoms with Gasteiger partial charge in [0.2, 0.25) is 5.79 Å². The molecule has 0 radical (unpaired) electrons. The van der Waals surface area contributed by atoms with Crippen LogP contribution in [-0.4, -0.2) is 24.4 Å². The van der Waals surface area contributed by atoms with Crippen LogP contribution in [0.25, 0.3) is 0 Å². The maximum atomic E-state index is 11.2. The van der Waals surface area contributed by atoms with Crippen molar-refractivity contribution < 1.29 is 14.3 Å². The first-order chi connectivity index (χ1) is 6.07. The molecule has 1 aliphatic heterocycles. The van der Waals surface area contributed by atoms with E-state index in [-0.39, 0.29) is 6.10 Å². The fourth-order valence-electron chi connectivity index (χ4n) is 1.50. The third kappa shape index (κ3) is 2.42. The van der Waals surface area contributed by atoms with E-state index >= 15 is 0 Å². The second kappa shape index (κ2) is 4.07. The molecule has 1 saturated heterocycles. The molecule has 4 nitrogen and oxygen atoms in total. The van der Waals surface area contributed by atoms with E-state index in [4.69, 9.17) is 15.2 Å². The zero-order valence-corrected chi connectivity index (χ0v) is 8.21. The zero-order chi connectivity index (χ0) is 9.90. The predicted octanol–water partition coefficient (Wildman–Crippen LogP) is 0.793. The van der Waals surface area contributed by atoms with Gasteiger partial charge >= 0.3 is 0 Å². The summed E-state index contributed by atoms with van der Waals surface area (Å²) in [7, 11) is 0.